The highest BCUT2D eigenvalue weighted by Gasteiger charge is 2.22. The molecule has 0 aliphatic heterocycles. The molecule has 0 spiro atoms. The maximum Gasteiger partial charge on any atom is 0.255 e. The van der Waals surface area contributed by atoms with Gasteiger partial charge >= 0.3 is 0 Å². The van der Waals surface area contributed by atoms with Crippen LogP contribution in [0.4, 0.5) is 11.4 Å². The summed E-state index contributed by atoms with van der Waals surface area (Å²) >= 11 is 12.3. The lowest BCUT2D eigenvalue weighted by Gasteiger charge is -2.24. The maximum atomic E-state index is 12.9. The van der Waals surface area contributed by atoms with Gasteiger partial charge in [-0.2, -0.15) is 0 Å². The van der Waals surface area contributed by atoms with Gasteiger partial charge in [0.05, 0.1) is 39.8 Å². The lowest BCUT2D eigenvalue weighted by molar-refractivity contribution is 0.0950. The van der Waals surface area contributed by atoms with Crippen molar-refractivity contribution >= 4 is 56.4 Å². The molecule has 0 heterocycles. The standard InChI is InChI=1S/C26H27Cl2N3O4S/c1-17(2)15-29-26(33)20-7-4-5-9-22(20)30-25(32)19-13-11-18(12-14-19)16-31(36(3,34)35)23-10-6-8-21(27)24(23)28/h4-14,17H,15-16H2,1-3H3,(H,29,33)(H,30,32). The molecule has 2 amide bonds. The molecule has 0 aliphatic rings. The average molecular weight is 548 g/mol. The van der Waals surface area contributed by atoms with E-state index in [4.69, 9.17) is 23.2 Å². The molecule has 190 valence electrons. The van der Waals surface area contributed by atoms with E-state index in [0.717, 1.165) is 10.6 Å². The summed E-state index contributed by atoms with van der Waals surface area (Å²) in [5, 5.41) is 6.01. The van der Waals surface area contributed by atoms with E-state index in [2.05, 4.69) is 10.6 Å². The molecule has 0 bridgehead atoms. The van der Waals surface area contributed by atoms with E-state index in [9.17, 15) is 18.0 Å². The Kier molecular flexibility index (Phi) is 9.00. The molecular formula is C26H27Cl2N3O4S. The third kappa shape index (κ3) is 7.00. The van der Waals surface area contributed by atoms with Crippen molar-refractivity contribution in [1.29, 1.82) is 0 Å². The topological polar surface area (TPSA) is 95.6 Å². The van der Waals surface area contributed by atoms with E-state index in [1.165, 1.54) is 0 Å². The molecule has 7 nitrogen and oxygen atoms in total. The Balaban J connectivity index is 1.77. The highest BCUT2D eigenvalue weighted by Crippen LogP contribution is 2.34. The summed E-state index contributed by atoms with van der Waals surface area (Å²) in [7, 11) is -3.67. The molecule has 0 saturated heterocycles. The third-order valence-electron chi connectivity index (χ3n) is 5.23. The third-order valence-corrected chi connectivity index (χ3v) is 7.17. The fourth-order valence-corrected chi connectivity index (χ4v) is 4.71. The second kappa shape index (κ2) is 11.8. The number of anilines is 2. The molecular weight excluding hydrogens is 521 g/mol. The smallest absolute Gasteiger partial charge is 0.255 e. The van der Waals surface area contributed by atoms with Crippen LogP contribution >= 0.6 is 23.2 Å². The van der Waals surface area contributed by atoms with Gasteiger partial charge in [-0.3, -0.25) is 13.9 Å². The number of halogens is 2. The van der Waals surface area contributed by atoms with Gasteiger partial charge in [-0.25, -0.2) is 8.42 Å². The van der Waals surface area contributed by atoms with Gasteiger partial charge in [0.2, 0.25) is 10.0 Å². The first kappa shape index (κ1) is 27.5. The lowest BCUT2D eigenvalue weighted by Crippen LogP contribution is -2.29. The van der Waals surface area contributed by atoms with Crippen LogP contribution in [-0.4, -0.2) is 33.0 Å². The van der Waals surface area contributed by atoms with Gasteiger partial charge in [0.25, 0.3) is 11.8 Å². The van der Waals surface area contributed by atoms with Crippen LogP contribution in [0.25, 0.3) is 0 Å². The molecule has 3 aromatic carbocycles. The first-order valence-corrected chi connectivity index (χ1v) is 13.8. The summed E-state index contributed by atoms with van der Waals surface area (Å²) in [6.45, 7) is 4.51. The zero-order valence-corrected chi connectivity index (χ0v) is 22.4. The molecule has 3 aromatic rings. The Labute approximate surface area is 221 Å². The number of para-hydroxylation sites is 1. The van der Waals surface area contributed by atoms with Crippen LogP contribution in [-0.2, 0) is 16.6 Å². The van der Waals surface area contributed by atoms with Gasteiger partial charge in [0.15, 0.2) is 0 Å². The summed E-state index contributed by atoms with van der Waals surface area (Å²) in [6.07, 6.45) is 1.08. The lowest BCUT2D eigenvalue weighted by atomic mass is 10.1. The van der Waals surface area contributed by atoms with E-state index in [1.54, 1.807) is 66.7 Å². The molecule has 0 saturated carbocycles. The second-order valence-corrected chi connectivity index (χ2v) is 11.3. The molecule has 10 heteroatoms. The van der Waals surface area contributed by atoms with E-state index in [1.807, 2.05) is 13.8 Å². The van der Waals surface area contributed by atoms with Crippen LogP contribution in [0.1, 0.15) is 40.1 Å². The van der Waals surface area contributed by atoms with Crippen molar-refractivity contribution in [2.75, 3.05) is 22.4 Å². The van der Waals surface area contributed by atoms with Crippen LogP contribution in [0.5, 0.6) is 0 Å². The summed E-state index contributed by atoms with van der Waals surface area (Å²) in [5.74, 6) is -0.373. The first-order valence-electron chi connectivity index (χ1n) is 11.2. The van der Waals surface area contributed by atoms with Gasteiger partial charge in [-0.15, -0.1) is 0 Å². The molecule has 0 unspecified atom stereocenters. The highest BCUT2D eigenvalue weighted by atomic mass is 35.5. The van der Waals surface area contributed by atoms with Crippen LogP contribution in [0.3, 0.4) is 0 Å². The number of nitrogens with one attached hydrogen (secondary N) is 2. The maximum absolute atomic E-state index is 12.9. The zero-order valence-electron chi connectivity index (χ0n) is 20.1. The summed E-state index contributed by atoms with van der Waals surface area (Å²) in [4.78, 5) is 25.4. The molecule has 0 aromatic heterocycles. The van der Waals surface area contributed by atoms with Gasteiger partial charge in [0.1, 0.15) is 0 Å². The number of amides is 2. The van der Waals surface area contributed by atoms with E-state index >= 15 is 0 Å². The highest BCUT2D eigenvalue weighted by molar-refractivity contribution is 7.92. The van der Waals surface area contributed by atoms with Gasteiger partial charge < -0.3 is 10.6 Å². The van der Waals surface area contributed by atoms with Crippen molar-refractivity contribution < 1.29 is 18.0 Å². The number of rotatable bonds is 9. The van der Waals surface area contributed by atoms with Crippen molar-refractivity contribution in [1.82, 2.24) is 5.32 Å². The van der Waals surface area contributed by atoms with Crippen molar-refractivity contribution in [3.05, 3.63) is 93.5 Å². The monoisotopic (exact) mass is 547 g/mol. The number of benzene rings is 3. The molecule has 2 N–H and O–H groups in total. The van der Waals surface area contributed by atoms with Crippen molar-refractivity contribution in [3.63, 3.8) is 0 Å². The van der Waals surface area contributed by atoms with Gasteiger partial charge in [-0.05, 0) is 47.9 Å². The minimum Gasteiger partial charge on any atom is -0.352 e. The normalized spacial score (nSPS) is 11.3. The van der Waals surface area contributed by atoms with Crippen molar-refractivity contribution in [2.24, 2.45) is 5.92 Å². The number of sulfonamides is 1. The largest absolute Gasteiger partial charge is 0.352 e. The second-order valence-electron chi connectivity index (χ2n) is 8.64. The summed E-state index contributed by atoms with van der Waals surface area (Å²) in [5.41, 5.74) is 2.02. The molecule has 0 aliphatic carbocycles. The Hall–Kier alpha value is -3.07. The molecule has 0 fully saturated rings. The first-order chi connectivity index (χ1) is 17.0. The summed E-state index contributed by atoms with van der Waals surface area (Å²) in [6, 6.07) is 18.0. The fourth-order valence-electron chi connectivity index (χ4n) is 3.37. The number of hydrogen-bond acceptors (Lipinski definition) is 4. The SMILES string of the molecule is CC(C)CNC(=O)c1ccccc1NC(=O)c1ccc(CN(c2cccc(Cl)c2Cl)S(C)(=O)=O)cc1. The number of carbonyl (C=O) groups is 2. The Bertz CT molecular complexity index is 1360. The minimum absolute atomic E-state index is 0.000347. The number of hydrogen-bond donors (Lipinski definition) is 2. The minimum atomic E-state index is -3.67. The van der Waals surface area contributed by atoms with Crippen molar-refractivity contribution in [2.45, 2.75) is 20.4 Å². The molecule has 36 heavy (non-hydrogen) atoms. The van der Waals surface area contributed by atoms with Crippen LogP contribution in [0.15, 0.2) is 66.7 Å². The van der Waals surface area contributed by atoms with Crippen LogP contribution in [0.2, 0.25) is 10.0 Å². The predicted molar refractivity (Wildman–Crippen MR) is 145 cm³/mol. The average Bonchev–Trinajstić information content (AvgIpc) is 2.83. The summed E-state index contributed by atoms with van der Waals surface area (Å²) < 4.78 is 26.1. The Morgan fingerprint density at radius 2 is 1.58 bits per heavy atom. The van der Waals surface area contributed by atoms with Gasteiger partial charge in [-0.1, -0.05) is 67.4 Å². The quantitative estimate of drug-likeness (QED) is 0.364. The number of carbonyl (C=O) groups excluding carboxylic acids is 2. The van der Waals surface area contributed by atoms with Gasteiger partial charge in [0, 0.05) is 12.1 Å². The van der Waals surface area contributed by atoms with Crippen LogP contribution in [0, 0.1) is 5.92 Å². The Morgan fingerprint density at radius 3 is 2.22 bits per heavy atom. The molecule has 0 atom stereocenters. The van der Waals surface area contributed by atoms with E-state index in [-0.39, 0.29) is 28.2 Å². The Morgan fingerprint density at radius 1 is 0.917 bits per heavy atom. The van der Waals surface area contributed by atoms with Crippen molar-refractivity contribution in [3.8, 4) is 0 Å². The number of nitrogens with zero attached hydrogens (tertiary/aromatic N) is 1. The molecule has 3 rings (SSSR count). The molecule has 0 radical (unpaired) electrons. The zero-order chi connectivity index (χ0) is 26.5. The van der Waals surface area contributed by atoms with E-state index < -0.39 is 15.9 Å². The predicted octanol–water partition coefficient (Wildman–Crippen LogP) is 5.60. The van der Waals surface area contributed by atoms with E-state index in [0.29, 0.717) is 34.8 Å². The fraction of sp³-hybridized carbons (Fsp3) is 0.231. The van der Waals surface area contributed by atoms with Crippen LogP contribution < -0.4 is 14.9 Å².